The lowest BCUT2D eigenvalue weighted by atomic mass is 9.68. The largest absolute Gasteiger partial charge is 0.480 e. The van der Waals surface area contributed by atoms with Gasteiger partial charge in [0.2, 0.25) is 0 Å². The van der Waals surface area contributed by atoms with E-state index in [4.69, 9.17) is 10.8 Å². The molecule has 1 heterocycles. The van der Waals surface area contributed by atoms with Gasteiger partial charge in [-0.3, -0.25) is 4.79 Å². The van der Waals surface area contributed by atoms with Gasteiger partial charge in [-0.15, -0.1) is 0 Å². The van der Waals surface area contributed by atoms with Crippen molar-refractivity contribution in [2.75, 3.05) is 6.54 Å². The zero-order chi connectivity index (χ0) is 10.2. The molecule has 3 atom stereocenters. The van der Waals surface area contributed by atoms with Crippen LogP contribution in [-0.4, -0.2) is 29.2 Å². The molecule has 2 aliphatic rings. The lowest BCUT2D eigenvalue weighted by Gasteiger charge is -2.47. The Morgan fingerprint density at radius 3 is 3.00 bits per heavy atom. The predicted molar refractivity (Wildman–Crippen MR) is 52.9 cm³/mol. The first-order valence-corrected chi connectivity index (χ1v) is 5.37. The molecule has 80 valence electrons. The minimum absolute atomic E-state index is 0.216. The van der Waals surface area contributed by atoms with Crippen LogP contribution in [0.3, 0.4) is 0 Å². The topological polar surface area (TPSA) is 75.3 Å². The predicted octanol–water partition coefficient (Wildman–Crippen LogP) is 0.321. The number of nitrogens with two attached hydrogens (primary N) is 1. The Kier molecular flexibility index (Phi) is 2.49. The van der Waals surface area contributed by atoms with Crippen LogP contribution in [0.5, 0.6) is 0 Å². The van der Waals surface area contributed by atoms with Gasteiger partial charge in [0.1, 0.15) is 6.04 Å². The first kappa shape index (κ1) is 9.93. The van der Waals surface area contributed by atoms with Crippen molar-refractivity contribution in [3.8, 4) is 0 Å². The van der Waals surface area contributed by atoms with Crippen LogP contribution in [0.2, 0.25) is 0 Å². The summed E-state index contributed by atoms with van der Waals surface area (Å²) in [4.78, 5) is 10.9. The minimum Gasteiger partial charge on any atom is -0.480 e. The number of hydrogen-bond acceptors (Lipinski definition) is 3. The molecule has 0 radical (unpaired) electrons. The molecule has 4 N–H and O–H groups in total. The van der Waals surface area contributed by atoms with Crippen LogP contribution in [0.25, 0.3) is 0 Å². The first-order valence-electron chi connectivity index (χ1n) is 5.37. The van der Waals surface area contributed by atoms with E-state index in [1.165, 1.54) is 6.42 Å². The SMILES string of the molecule is NC12CCCCC1CNC(C(=O)O)C2. The first-order chi connectivity index (χ1) is 6.62. The molecule has 0 aromatic heterocycles. The summed E-state index contributed by atoms with van der Waals surface area (Å²) in [5.74, 6) is -0.286. The summed E-state index contributed by atoms with van der Waals surface area (Å²) in [6, 6.07) is -0.436. The van der Waals surface area contributed by atoms with Gasteiger partial charge in [-0.2, -0.15) is 0 Å². The van der Waals surface area contributed by atoms with Gasteiger partial charge < -0.3 is 16.2 Å². The average molecular weight is 198 g/mol. The van der Waals surface area contributed by atoms with Crippen molar-refractivity contribution < 1.29 is 9.90 Å². The summed E-state index contributed by atoms with van der Waals surface area (Å²) >= 11 is 0. The molecule has 4 nitrogen and oxygen atoms in total. The van der Waals surface area contributed by atoms with E-state index >= 15 is 0 Å². The molecular weight excluding hydrogens is 180 g/mol. The molecule has 0 aromatic rings. The van der Waals surface area contributed by atoms with E-state index in [1.54, 1.807) is 0 Å². The van der Waals surface area contributed by atoms with Crippen LogP contribution in [-0.2, 0) is 4.79 Å². The average Bonchev–Trinajstić information content (AvgIpc) is 2.15. The van der Waals surface area contributed by atoms with Crippen molar-refractivity contribution >= 4 is 5.97 Å². The third-order valence-corrected chi connectivity index (χ3v) is 3.75. The Hall–Kier alpha value is -0.610. The Balaban J connectivity index is 2.07. The molecule has 1 aliphatic heterocycles. The highest BCUT2D eigenvalue weighted by molar-refractivity contribution is 5.73. The Morgan fingerprint density at radius 1 is 1.50 bits per heavy atom. The number of carbonyl (C=O) groups is 1. The highest BCUT2D eigenvalue weighted by Crippen LogP contribution is 2.37. The number of hydrogen-bond donors (Lipinski definition) is 3. The van der Waals surface area contributed by atoms with E-state index in [-0.39, 0.29) is 5.54 Å². The smallest absolute Gasteiger partial charge is 0.320 e. The second kappa shape index (κ2) is 3.51. The number of piperidine rings is 1. The molecule has 0 bridgehead atoms. The maximum absolute atomic E-state index is 10.9. The summed E-state index contributed by atoms with van der Waals surface area (Å²) < 4.78 is 0. The van der Waals surface area contributed by atoms with Crippen molar-refractivity contribution in [1.82, 2.24) is 5.32 Å². The minimum atomic E-state index is -0.765. The number of aliphatic carboxylic acids is 1. The molecule has 14 heavy (non-hydrogen) atoms. The molecule has 1 aliphatic carbocycles. The van der Waals surface area contributed by atoms with Crippen LogP contribution < -0.4 is 11.1 Å². The molecule has 0 spiro atoms. The molecule has 1 saturated heterocycles. The monoisotopic (exact) mass is 198 g/mol. The van der Waals surface area contributed by atoms with Gasteiger partial charge in [0.05, 0.1) is 0 Å². The van der Waals surface area contributed by atoms with Gasteiger partial charge in [-0.1, -0.05) is 12.8 Å². The second-order valence-electron chi connectivity index (χ2n) is 4.68. The van der Waals surface area contributed by atoms with Crippen molar-refractivity contribution in [1.29, 1.82) is 0 Å². The normalized spacial score (nSPS) is 42.9. The number of carboxylic acids is 1. The van der Waals surface area contributed by atoms with Gasteiger partial charge in [0, 0.05) is 12.1 Å². The van der Waals surface area contributed by atoms with Gasteiger partial charge in [-0.05, 0) is 25.2 Å². The van der Waals surface area contributed by atoms with Crippen LogP contribution in [0.4, 0.5) is 0 Å². The fourth-order valence-corrected chi connectivity index (χ4v) is 2.82. The molecule has 2 rings (SSSR count). The standard InChI is InChI=1S/C10H18N2O2/c11-10-4-2-1-3-7(10)6-12-8(5-10)9(13)14/h7-8,12H,1-6,11H2,(H,13,14). The Morgan fingerprint density at radius 2 is 2.29 bits per heavy atom. The number of fused-ring (bicyclic) bond motifs is 1. The molecule has 0 aromatic carbocycles. The molecule has 2 fully saturated rings. The van der Waals surface area contributed by atoms with Gasteiger partial charge in [-0.25, -0.2) is 0 Å². The van der Waals surface area contributed by atoms with Gasteiger partial charge in [0.15, 0.2) is 0 Å². The van der Waals surface area contributed by atoms with Gasteiger partial charge >= 0.3 is 5.97 Å². The third kappa shape index (κ3) is 1.64. The Bertz CT molecular complexity index is 244. The Labute approximate surface area is 83.9 Å². The zero-order valence-electron chi connectivity index (χ0n) is 8.33. The molecule has 1 saturated carbocycles. The fraction of sp³-hybridized carbons (Fsp3) is 0.900. The van der Waals surface area contributed by atoms with Crippen LogP contribution in [0.15, 0.2) is 0 Å². The highest BCUT2D eigenvalue weighted by Gasteiger charge is 2.43. The lowest BCUT2D eigenvalue weighted by Crippen LogP contribution is -2.62. The van der Waals surface area contributed by atoms with Crippen LogP contribution in [0, 0.1) is 5.92 Å². The van der Waals surface area contributed by atoms with E-state index in [1.807, 2.05) is 0 Å². The maximum Gasteiger partial charge on any atom is 0.320 e. The quantitative estimate of drug-likeness (QED) is 0.567. The maximum atomic E-state index is 10.9. The lowest BCUT2D eigenvalue weighted by molar-refractivity contribution is -0.141. The molecular formula is C10H18N2O2. The van der Waals surface area contributed by atoms with Crippen molar-refractivity contribution in [3.05, 3.63) is 0 Å². The van der Waals surface area contributed by atoms with Crippen molar-refractivity contribution in [3.63, 3.8) is 0 Å². The van der Waals surface area contributed by atoms with Crippen molar-refractivity contribution in [2.24, 2.45) is 11.7 Å². The van der Waals surface area contributed by atoms with E-state index in [0.29, 0.717) is 12.3 Å². The van der Waals surface area contributed by atoms with Crippen molar-refractivity contribution in [2.45, 2.75) is 43.7 Å². The van der Waals surface area contributed by atoms with Crippen LogP contribution in [0.1, 0.15) is 32.1 Å². The van der Waals surface area contributed by atoms with E-state index in [2.05, 4.69) is 5.32 Å². The fourth-order valence-electron chi connectivity index (χ4n) is 2.82. The summed E-state index contributed by atoms with van der Waals surface area (Å²) in [5.41, 5.74) is 6.07. The zero-order valence-corrected chi connectivity index (χ0v) is 8.33. The third-order valence-electron chi connectivity index (χ3n) is 3.75. The van der Waals surface area contributed by atoms with Gasteiger partial charge in [0.25, 0.3) is 0 Å². The number of nitrogens with one attached hydrogen (secondary N) is 1. The summed E-state index contributed by atoms with van der Waals surface area (Å²) in [6.45, 7) is 0.771. The number of carboxylic acid groups (broad SMARTS) is 1. The van der Waals surface area contributed by atoms with Crippen LogP contribution >= 0.6 is 0 Å². The molecule has 3 unspecified atom stereocenters. The highest BCUT2D eigenvalue weighted by atomic mass is 16.4. The van der Waals surface area contributed by atoms with E-state index in [0.717, 1.165) is 25.8 Å². The van der Waals surface area contributed by atoms with E-state index in [9.17, 15) is 4.79 Å². The second-order valence-corrected chi connectivity index (χ2v) is 4.68. The summed E-state index contributed by atoms with van der Waals surface area (Å²) in [7, 11) is 0. The van der Waals surface area contributed by atoms with E-state index < -0.39 is 12.0 Å². The summed E-state index contributed by atoms with van der Waals surface area (Å²) in [6.07, 6.45) is 5.12. The number of rotatable bonds is 1. The summed E-state index contributed by atoms with van der Waals surface area (Å²) in [5, 5.41) is 12.0. The molecule has 0 amide bonds. The molecule has 4 heteroatoms.